The van der Waals surface area contributed by atoms with Crippen molar-refractivity contribution in [1.82, 2.24) is 9.78 Å². The van der Waals surface area contributed by atoms with E-state index in [0.717, 1.165) is 22.7 Å². The second-order valence-electron chi connectivity index (χ2n) is 4.94. The van der Waals surface area contributed by atoms with Crippen LogP contribution in [-0.4, -0.2) is 9.78 Å². The average molecular weight is 348 g/mol. The van der Waals surface area contributed by atoms with Crippen LogP contribution in [0, 0.1) is 0 Å². The maximum atomic E-state index is 6.13. The molecule has 0 fully saturated rings. The lowest BCUT2D eigenvalue weighted by Gasteiger charge is -2.10. The maximum Gasteiger partial charge on any atom is 0.119 e. The number of ether oxygens (including phenoxy) is 1. The van der Waals surface area contributed by atoms with E-state index in [2.05, 4.69) is 5.10 Å². The Labute approximate surface area is 144 Å². The van der Waals surface area contributed by atoms with E-state index < -0.39 is 0 Å². The van der Waals surface area contributed by atoms with Crippen molar-refractivity contribution in [2.24, 2.45) is 5.73 Å². The first-order valence-corrected chi connectivity index (χ1v) is 7.83. The lowest BCUT2D eigenvalue weighted by molar-refractivity contribution is 0.306. The molecule has 0 atom stereocenters. The van der Waals surface area contributed by atoms with Gasteiger partial charge in [-0.15, -0.1) is 0 Å². The molecule has 0 aliphatic heterocycles. The highest BCUT2D eigenvalue weighted by Gasteiger charge is 2.06. The van der Waals surface area contributed by atoms with Gasteiger partial charge in [-0.1, -0.05) is 29.3 Å². The molecule has 2 aromatic carbocycles. The van der Waals surface area contributed by atoms with Gasteiger partial charge in [-0.05, 0) is 42.5 Å². The highest BCUT2D eigenvalue weighted by atomic mass is 35.5. The molecule has 6 heteroatoms. The van der Waals surface area contributed by atoms with Crippen LogP contribution in [0.4, 0.5) is 0 Å². The summed E-state index contributed by atoms with van der Waals surface area (Å²) in [6.07, 6.45) is 1.88. The molecule has 3 rings (SSSR count). The van der Waals surface area contributed by atoms with Crippen LogP contribution in [-0.2, 0) is 13.2 Å². The zero-order valence-electron chi connectivity index (χ0n) is 12.2. The van der Waals surface area contributed by atoms with Gasteiger partial charge in [0, 0.05) is 28.4 Å². The van der Waals surface area contributed by atoms with E-state index >= 15 is 0 Å². The third-order valence-electron chi connectivity index (χ3n) is 3.40. The van der Waals surface area contributed by atoms with Crippen LogP contribution >= 0.6 is 23.2 Å². The highest BCUT2D eigenvalue weighted by Crippen LogP contribution is 2.26. The third-order valence-corrected chi connectivity index (χ3v) is 4.11. The van der Waals surface area contributed by atoms with Crippen LogP contribution in [0.5, 0.6) is 5.75 Å². The van der Waals surface area contributed by atoms with Gasteiger partial charge in [0.15, 0.2) is 0 Å². The molecule has 0 saturated carbocycles. The van der Waals surface area contributed by atoms with Crippen molar-refractivity contribution in [3.63, 3.8) is 0 Å². The number of nitrogens with two attached hydrogens (primary N) is 1. The Balaban J connectivity index is 1.70. The van der Waals surface area contributed by atoms with Gasteiger partial charge in [0.25, 0.3) is 0 Å². The van der Waals surface area contributed by atoms with Crippen molar-refractivity contribution in [2.75, 3.05) is 0 Å². The number of rotatable bonds is 5. The van der Waals surface area contributed by atoms with Gasteiger partial charge >= 0.3 is 0 Å². The van der Waals surface area contributed by atoms with Crippen molar-refractivity contribution < 1.29 is 4.74 Å². The van der Waals surface area contributed by atoms with Crippen LogP contribution in [0.2, 0.25) is 10.0 Å². The summed E-state index contributed by atoms with van der Waals surface area (Å²) in [4.78, 5) is 0. The molecule has 118 valence electrons. The van der Waals surface area contributed by atoms with Crippen LogP contribution in [0.15, 0.2) is 54.7 Å². The molecular weight excluding hydrogens is 333 g/mol. The molecule has 1 heterocycles. The summed E-state index contributed by atoms with van der Waals surface area (Å²) in [6.45, 7) is 0.740. The summed E-state index contributed by atoms with van der Waals surface area (Å²) in [6, 6.07) is 14.9. The van der Waals surface area contributed by atoms with E-state index in [1.165, 1.54) is 0 Å². The molecule has 4 nitrogen and oxygen atoms in total. The van der Waals surface area contributed by atoms with Crippen molar-refractivity contribution in [3.8, 4) is 11.4 Å². The smallest absolute Gasteiger partial charge is 0.119 e. The highest BCUT2D eigenvalue weighted by molar-refractivity contribution is 6.35. The van der Waals surface area contributed by atoms with E-state index in [4.69, 9.17) is 33.7 Å². The predicted molar refractivity (Wildman–Crippen MR) is 92.2 cm³/mol. The number of hydrogen-bond donors (Lipinski definition) is 1. The number of benzene rings is 2. The minimum atomic E-state index is 0.316. The molecular formula is C17H15Cl2N3O. The summed E-state index contributed by atoms with van der Waals surface area (Å²) in [5.41, 5.74) is 8.13. The van der Waals surface area contributed by atoms with Gasteiger partial charge in [-0.2, -0.15) is 5.10 Å². The van der Waals surface area contributed by atoms with Crippen LogP contribution < -0.4 is 10.5 Å². The summed E-state index contributed by atoms with van der Waals surface area (Å²) >= 11 is 12.3. The Morgan fingerprint density at radius 2 is 1.70 bits per heavy atom. The van der Waals surface area contributed by atoms with Crippen molar-refractivity contribution in [2.45, 2.75) is 13.2 Å². The topological polar surface area (TPSA) is 53.1 Å². The third kappa shape index (κ3) is 3.67. The van der Waals surface area contributed by atoms with Gasteiger partial charge in [-0.25, -0.2) is 4.68 Å². The van der Waals surface area contributed by atoms with E-state index in [0.29, 0.717) is 23.2 Å². The minimum Gasteiger partial charge on any atom is -0.489 e. The first-order valence-electron chi connectivity index (χ1n) is 7.08. The number of halogens is 2. The van der Waals surface area contributed by atoms with Crippen molar-refractivity contribution in [1.29, 1.82) is 0 Å². The fourth-order valence-electron chi connectivity index (χ4n) is 2.14. The maximum absolute atomic E-state index is 6.13. The minimum absolute atomic E-state index is 0.316. The summed E-state index contributed by atoms with van der Waals surface area (Å²) in [5.74, 6) is 0.732. The molecule has 0 amide bonds. The molecule has 0 saturated heterocycles. The summed E-state index contributed by atoms with van der Waals surface area (Å²) < 4.78 is 7.53. The van der Waals surface area contributed by atoms with Gasteiger partial charge in [0.05, 0.1) is 11.4 Å². The summed E-state index contributed by atoms with van der Waals surface area (Å²) in [7, 11) is 0. The second kappa shape index (κ2) is 7.04. The molecule has 0 radical (unpaired) electrons. The van der Waals surface area contributed by atoms with Crippen molar-refractivity contribution >= 4 is 23.2 Å². The van der Waals surface area contributed by atoms with Gasteiger partial charge in [0.2, 0.25) is 0 Å². The van der Waals surface area contributed by atoms with Crippen LogP contribution in [0.3, 0.4) is 0 Å². The monoisotopic (exact) mass is 347 g/mol. The largest absolute Gasteiger partial charge is 0.489 e. The Kier molecular flexibility index (Phi) is 4.86. The fourth-order valence-corrected chi connectivity index (χ4v) is 2.64. The molecule has 0 aliphatic rings. The molecule has 0 bridgehead atoms. The van der Waals surface area contributed by atoms with Crippen LogP contribution in [0.25, 0.3) is 5.69 Å². The molecule has 0 aliphatic carbocycles. The Bertz CT molecular complexity index is 780. The van der Waals surface area contributed by atoms with Gasteiger partial charge < -0.3 is 10.5 Å². The standard InChI is InChI=1S/C17H15Cl2N3O/c18-16-2-1-3-17(19)15(16)11-23-14-6-4-13(5-7-14)22-9-8-12(10-20)21-22/h1-9H,10-11,20H2. The van der Waals surface area contributed by atoms with E-state index in [1.807, 2.05) is 42.6 Å². The zero-order chi connectivity index (χ0) is 16.2. The SMILES string of the molecule is NCc1ccn(-c2ccc(OCc3c(Cl)cccc3Cl)cc2)n1. The normalized spacial score (nSPS) is 10.7. The first kappa shape index (κ1) is 15.9. The Morgan fingerprint density at radius 3 is 2.30 bits per heavy atom. The molecule has 1 aromatic heterocycles. The van der Waals surface area contributed by atoms with Gasteiger partial charge in [0.1, 0.15) is 12.4 Å². The quantitative estimate of drug-likeness (QED) is 0.751. The Morgan fingerprint density at radius 1 is 1.00 bits per heavy atom. The van der Waals surface area contributed by atoms with E-state index in [1.54, 1.807) is 16.8 Å². The van der Waals surface area contributed by atoms with Gasteiger partial charge in [-0.3, -0.25) is 0 Å². The molecule has 3 aromatic rings. The number of nitrogens with zero attached hydrogens (tertiary/aromatic N) is 2. The van der Waals surface area contributed by atoms with Crippen LogP contribution in [0.1, 0.15) is 11.3 Å². The molecule has 0 spiro atoms. The van der Waals surface area contributed by atoms with E-state index in [9.17, 15) is 0 Å². The number of hydrogen-bond acceptors (Lipinski definition) is 3. The Hall–Kier alpha value is -2.01. The second-order valence-corrected chi connectivity index (χ2v) is 5.75. The zero-order valence-corrected chi connectivity index (χ0v) is 13.8. The molecule has 0 unspecified atom stereocenters. The fraction of sp³-hybridized carbons (Fsp3) is 0.118. The lowest BCUT2D eigenvalue weighted by Crippen LogP contribution is -2.01. The average Bonchev–Trinajstić information content (AvgIpc) is 3.04. The molecule has 2 N–H and O–H groups in total. The van der Waals surface area contributed by atoms with E-state index in [-0.39, 0.29) is 0 Å². The predicted octanol–water partition coefficient (Wildman–Crippen LogP) is 4.22. The first-order chi connectivity index (χ1) is 11.2. The van der Waals surface area contributed by atoms with Crippen molar-refractivity contribution in [3.05, 3.63) is 76.0 Å². The number of aromatic nitrogens is 2. The lowest BCUT2D eigenvalue weighted by atomic mass is 10.2. The summed E-state index contributed by atoms with van der Waals surface area (Å²) in [5, 5.41) is 5.56. The molecule has 23 heavy (non-hydrogen) atoms.